The largest absolute Gasteiger partial charge is 0.386 e. The van der Waals surface area contributed by atoms with Gasteiger partial charge in [0.2, 0.25) is 0 Å². The van der Waals surface area contributed by atoms with Crippen LogP contribution >= 0.6 is 0 Å². The zero-order valence-electron chi connectivity index (χ0n) is 7.47. The first-order valence-electron chi connectivity index (χ1n) is 3.82. The van der Waals surface area contributed by atoms with Crippen molar-refractivity contribution in [2.24, 2.45) is 0 Å². The minimum Gasteiger partial charge on any atom is -0.241 e. The molecule has 0 unspecified atom stereocenters. The first-order valence-corrected chi connectivity index (χ1v) is 3.82. The Morgan fingerprint density at radius 3 is 2.17 bits per heavy atom. The van der Waals surface area contributed by atoms with Crippen LogP contribution in [0.4, 0.5) is 0 Å². The molecule has 0 aliphatic carbocycles. The van der Waals surface area contributed by atoms with Crippen molar-refractivity contribution in [2.75, 3.05) is 0 Å². The molecule has 1 rings (SSSR count). The molecule has 1 aromatic carbocycles. The highest BCUT2D eigenvalue weighted by atomic mass is 16.4. The third-order valence-electron chi connectivity index (χ3n) is 2.28. The van der Waals surface area contributed by atoms with Gasteiger partial charge in [-0.05, 0) is 43.5 Å². The molecule has 63 valence electrons. The Bertz CT molecular complexity index is 327. The Balaban J connectivity index is 3.36. The Morgan fingerprint density at radius 2 is 1.67 bits per heavy atom. The summed E-state index contributed by atoms with van der Waals surface area (Å²) in [6.45, 7) is 5.67. The summed E-state index contributed by atoms with van der Waals surface area (Å²) in [6, 6.07) is 3.39. The molecule has 0 saturated heterocycles. The Kier molecular flexibility index (Phi) is 2.18. The second kappa shape index (κ2) is 2.97. The van der Waals surface area contributed by atoms with E-state index >= 15 is 0 Å². The average molecular weight is 163 g/mol. The zero-order chi connectivity index (χ0) is 9.30. The molecule has 0 atom stereocenters. The molecule has 0 N–H and O–H groups in total. The van der Waals surface area contributed by atoms with Gasteiger partial charge in [0.05, 0.1) is 5.56 Å². The molecule has 0 heterocycles. The van der Waals surface area contributed by atoms with Crippen LogP contribution in [-0.4, -0.2) is 5.97 Å². The molecule has 0 amide bonds. The number of aryl methyl sites for hydroxylation is 1. The van der Waals surface area contributed by atoms with E-state index in [1.165, 1.54) is 0 Å². The minimum absolute atomic E-state index is 0.290. The number of carbonyl (C=O) groups is 1. The van der Waals surface area contributed by atoms with Crippen molar-refractivity contribution < 1.29 is 9.90 Å². The molecular weight excluding hydrogens is 152 g/mol. The van der Waals surface area contributed by atoms with E-state index in [1.807, 2.05) is 13.8 Å². The van der Waals surface area contributed by atoms with Crippen LogP contribution in [-0.2, 0) is 5.11 Å². The summed E-state index contributed by atoms with van der Waals surface area (Å²) in [5.74, 6) is -1.10. The summed E-state index contributed by atoms with van der Waals surface area (Å²) in [5, 5.41) is 10.6. The minimum atomic E-state index is -1.10. The topological polar surface area (TPSA) is 37.0 Å². The van der Waals surface area contributed by atoms with Gasteiger partial charge < -0.3 is 0 Å². The maximum Gasteiger partial charge on any atom is 0.386 e. The van der Waals surface area contributed by atoms with Crippen molar-refractivity contribution in [3.63, 3.8) is 0 Å². The van der Waals surface area contributed by atoms with Crippen LogP contribution in [0.5, 0.6) is 0 Å². The maximum absolute atomic E-state index is 10.6. The van der Waals surface area contributed by atoms with Crippen LogP contribution in [0.15, 0.2) is 12.1 Å². The quantitative estimate of drug-likeness (QED) is 0.625. The molecule has 0 aliphatic rings. The summed E-state index contributed by atoms with van der Waals surface area (Å²) in [5.41, 5.74) is 3.22. The van der Waals surface area contributed by atoms with Crippen LogP contribution in [0, 0.1) is 20.8 Å². The van der Waals surface area contributed by atoms with Crippen molar-refractivity contribution >= 4 is 5.97 Å². The zero-order valence-corrected chi connectivity index (χ0v) is 7.47. The SMILES string of the molecule is Cc1ccc(C([O])=O)c(C)c1C. The van der Waals surface area contributed by atoms with E-state index in [2.05, 4.69) is 0 Å². The second-order valence-electron chi connectivity index (χ2n) is 2.97. The van der Waals surface area contributed by atoms with E-state index < -0.39 is 5.97 Å². The van der Waals surface area contributed by atoms with Gasteiger partial charge in [0, 0.05) is 0 Å². The standard InChI is InChI=1S/C10H11O2/c1-6-4-5-9(10(11)12)8(3)7(6)2/h4-5H,1-3H3. The van der Waals surface area contributed by atoms with Crippen LogP contribution in [0.3, 0.4) is 0 Å². The Morgan fingerprint density at radius 1 is 1.08 bits per heavy atom. The van der Waals surface area contributed by atoms with Gasteiger partial charge in [0.1, 0.15) is 0 Å². The highest BCUT2D eigenvalue weighted by Crippen LogP contribution is 2.16. The van der Waals surface area contributed by atoms with E-state index in [4.69, 9.17) is 0 Å². The third-order valence-corrected chi connectivity index (χ3v) is 2.28. The molecule has 12 heavy (non-hydrogen) atoms. The van der Waals surface area contributed by atoms with Crippen molar-refractivity contribution in [1.82, 2.24) is 0 Å². The van der Waals surface area contributed by atoms with Crippen molar-refractivity contribution in [3.8, 4) is 0 Å². The highest BCUT2D eigenvalue weighted by molar-refractivity contribution is 5.89. The van der Waals surface area contributed by atoms with Crippen LogP contribution in [0.25, 0.3) is 0 Å². The van der Waals surface area contributed by atoms with Gasteiger partial charge in [-0.1, -0.05) is 6.07 Å². The van der Waals surface area contributed by atoms with Gasteiger partial charge in [-0.15, -0.1) is 0 Å². The van der Waals surface area contributed by atoms with Gasteiger partial charge in [0.25, 0.3) is 0 Å². The number of carbonyl (C=O) groups excluding carboxylic acids is 1. The second-order valence-corrected chi connectivity index (χ2v) is 2.97. The molecule has 1 radical (unpaired) electrons. The molecule has 0 bridgehead atoms. The molecule has 0 aromatic heterocycles. The normalized spacial score (nSPS) is 9.92. The molecular formula is C10H11O2. The summed E-state index contributed by atoms with van der Waals surface area (Å²) in [7, 11) is 0. The molecule has 0 fully saturated rings. The summed E-state index contributed by atoms with van der Waals surface area (Å²) in [4.78, 5) is 10.6. The van der Waals surface area contributed by atoms with Crippen LogP contribution in [0.1, 0.15) is 27.0 Å². The van der Waals surface area contributed by atoms with E-state index in [9.17, 15) is 9.90 Å². The van der Waals surface area contributed by atoms with Gasteiger partial charge in [-0.2, -0.15) is 0 Å². The van der Waals surface area contributed by atoms with Gasteiger partial charge in [-0.3, -0.25) is 0 Å². The van der Waals surface area contributed by atoms with Gasteiger partial charge >= 0.3 is 5.97 Å². The fourth-order valence-electron chi connectivity index (χ4n) is 1.18. The lowest BCUT2D eigenvalue weighted by Crippen LogP contribution is -2.00. The van der Waals surface area contributed by atoms with Crippen molar-refractivity contribution in [1.29, 1.82) is 0 Å². The molecule has 0 spiro atoms. The first-order chi connectivity index (χ1) is 5.54. The van der Waals surface area contributed by atoms with E-state index in [0.717, 1.165) is 16.7 Å². The summed E-state index contributed by atoms with van der Waals surface area (Å²) in [6.07, 6.45) is 0. The fraction of sp³-hybridized carbons (Fsp3) is 0.300. The van der Waals surface area contributed by atoms with Crippen LogP contribution < -0.4 is 0 Å². The highest BCUT2D eigenvalue weighted by Gasteiger charge is 2.10. The fourth-order valence-corrected chi connectivity index (χ4v) is 1.18. The monoisotopic (exact) mass is 163 g/mol. The number of hydrogen-bond donors (Lipinski definition) is 0. The smallest absolute Gasteiger partial charge is 0.241 e. The van der Waals surface area contributed by atoms with Gasteiger partial charge in [-0.25, -0.2) is 9.90 Å². The summed E-state index contributed by atoms with van der Waals surface area (Å²) < 4.78 is 0. The van der Waals surface area contributed by atoms with E-state index in [0.29, 0.717) is 0 Å². The predicted molar refractivity (Wildman–Crippen MR) is 45.7 cm³/mol. The lowest BCUT2D eigenvalue weighted by Gasteiger charge is -2.05. The van der Waals surface area contributed by atoms with E-state index in [1.54, 1.807) is 19.1 Å². The van der Waals surface area contributed by atoms with Crippen molar-refractivity contribution in [3.05, 3.63) is 34.4 Å². The maximum atomic E-state index is 10.6. The predicted octanol–water partition coefficient (Wildman–Crippen LogP) is 2.18. The lowest BCUT2D eigenvalue weighted by atomic mass is 9.99. The number of rotatable bonds is 1. The van der Waals surface area contributed by atoms with E-state index in [-0.39, 0.29) is 5.56 Å². The first kappa shape index (κ1) is 8.78. The third kappa shape index (κ3) is 1.33. The number of benzene rings is 1. The van der Waals surface area contributed by atoms with Crippen LogP contribution in [0.2, 0.25) is 0 Å². The Labute approximate surface area is 71.8 Å². The molecule has 0 saturated carbocycles. The average Bonchev–Trinajstić information content (AvgIpc) is 2.00. The van der Waals surface area contributed by atoms with Gasteiger partial charge in [0.15, 0.2) is 0 Å². The number of hydrogen-bond acceptors (Lipinski definition) is 1. The molecule has 2 nitrogen and oxygen atoms in total. The lowest BCUT2D eigenvalue weighted by molar-refractivity contribution is 0.0572. The molecule has 1 aromatic rings. The van der Waals surface area contributed by atoms with Crippen molar-refractivity contribution in [2.45, 2.75) is 20.8 Å². The Hall–Kier alpha value is -1.31. The molecule has 0 aliphatic heterocycles. The molecule has 2 heteroatoms. The summed E-state index contributed by atoms with van der Waals surface area (Å²) >= 11 is 0.